The molecule has 4 rings (SSSR count). The van der Waals surface area contributed by atoms with Crippen molar-refractivity contribution in [2.75, 3.05) is 23.7 Å². The summed E-state index contributed by atoms with van der Waals surface area (Å²) in [6, 6.07) is 0.493. The van der Waals surface area contributed by atoms with Gasteiger partial charge in [-0.25, -0.2) is 9.97 Å². The number of thioether (sulfide) groups is 1. The monoisotopic (exact) mass is 372 g/mol. The Labute approximate surface area is 157 Å². The lowest BCUT2D eigenvalue weighted by molar-refractivity contribution is -0.117. The molecule has 3 N–H and O–H groups in total. The van der Waals surface area contributed by atoms with Crippen molar-refractivity contribution in [3.05, 3.63) is 29.2 Å². The van der Waals surface area contributed by atoms with Gasteiger partial charge in [0.25, 0.3) is 5.91 Å². The summed E-state index contributed by atoms with van der Waals surface area (Å²) in [5, 5.41) is 7.61. The molecule has 4 heterocycles. The highest BCUT2D eigenvalue weighted by molar-refractivity contribution is 8.04. The van der Waals surface area contributed by atoms with Gasteiger partial charge in [-0.05, 0) is 38.8 Å². The van der Waals surface area contributed by atoms with E-state index in [0.29, 0.717) is 6.04 Å². The summed E-state index contributed by atoms with van der Waals surface area (Å²) in [5.74, 6) is 1.70. The van der Waals surface area contributed by atoms with Gasteiger partial charge in [0.05, 0.1) is 10.3 Å². The van der Waals surface area contributed by atoms with Gasteiger partial charge < -0.3 is 20.5 Å². The standard InChI is InChI=1S/C18H24N6OS/c1-11-8-20-16-15(11)17(22-10-21-16)24-6-7-26-14(9-24)18(25)23-12(2)13-4-3-5-19-13/h8-10,12-13,19H,3-7H2,1-2H3,(H,23,25)(H,20,21,22)/t12?,13-/m0/s1. The number of nitrogens with one attached hydrogen (secondary N) is 3. The highest BCUT2D eigenvalue weighted by Gasteiger charge is 2.26. The van der Waals surface area contributed by atoms with E-state index in [9.17, 15) is 4.79 Å². The highest BCUT2D eigenvalue weighted by atomic mass is 32.2. The largest absolute Gasteiger partial charge is 0.348 e. The normalized spacial score (nSPS) is 21.7. The molecule has 0 bridgehead atoms. The number of hydrogen-bond donors (Lipinski definition) is 3. The Hall–Kier alpha value is -2.06. The van der Waals surface area contributed by atoms with Crippen LogP contribution in [0.15, 0.2) is 23.6 Å². The zero-order chi connectivity index (χ0) is 18.1. The Balaban J connectivity index is 1.55. The van der Waals surface area contributed by atoms with E-state index in [1.165, 1.54) is 6.42 Å². The van der Waals surface area contributed by atoms with Crippen molar-refractivity contribution < 1.29 is 4.79 Å². The minimum atomic E-state index is -0.00279. The van der Waals surface area contributed by atoms with Crippen molar-refractivity contribution in [1.82, 2.24) is 25.6 Å². The van der Waals surface area contributed by atoms with Crippen molar-refractivity contribution in [3.63, 3.8) is 0 Å². The first-order valence-corrected chi connectivity index (χ1v) is 10.1. The maximum Gasteiger partial charge on any atom is 0.259 e. The van der Waals surface area contributed by atoms with Crippen LogP contribution >= 0.6 is 11.8 Å². The highest BCUT2D eigenvalue weighted by Crippen LogP contribution is 2.30. The van der Waals surface area contributed by atoms with Gasteiger partial charge in [-0.3, -0.25) is 4.79 Å². The van der Waals surface area contributed by atoms with Crippen molar-refractivity contribution in [2.24, 2.45) is 0 Å². The Morgan fingerprint density at radius 2 is 2.35 bits per heavy atom. The number of fused-ring (bicyclic) bond motifs is 1. The van der Waals surface area contributed by atoms with Crippen LogP contribution in [-0.2, 0) is 4.79 Å². The van der Waals surface area contributed by atoms with E-state index in [0.717, 1.165) is 52.6 Å². The maximum atomic E-state index is 12.7. The summed E-state index contributed by atoms with van der Waals surface area (Å²) in [6.07, 6.45) is 7.72. The topological polar surface area (TPSA) is 85.9 Å². The second-order valence-electron chi connectivity index (χ2n) is 6.89. The first-order valence-electron chi connectivity index (χ1n) is 9.07. The lowest BCUT2D eigenvalue weighted by atomic mass is 10.1. The molecule has 1 saturated heterocycles. The molecule has 2 aromatic rings. The Kier molecular flexibility index (Phi) is 4.86. The van der Waals surface area contributed by atoms with Gasteiger partial charge in [0.15, 0.2) is 0 Å². The third kappa shape index (κ3) is 3.31. The molecule has 0 radical (unpaired) electrons. The van der Waals surface area contributed by atoms with Crippen LogP contribution in [-0.4, -0.2) is 51.8 Å². The molecule has 0 aliphatic carbocycles. The summed E-state index contributed by atoms with van der Waals surface area (Å²) < 4.78 is 0. The van der Waals surface area contributed by atoms with Gasteiger partial charge in [0.1, 0.15) is 17.8 Å². The minimum Gasteiger partial charge on any atom is -0.348 e. The molecule has 2 aromatic heterocycles. The fourth-order valence-corrected chi connectivity index (χ4v) is 4.52. The minimum absolute atomic E-state index is 0.00279. The second-order valence-corrected chi connectivity index (χ2v) is 8.03. The number of H-pyrrole nitrogens is 1. The van der Waals surface area contributed by atoms with Crippen LogP contribution in [0.5, 0.6) is 0 Å². The number of aryl methyl sites for hydroxylation is 1. The van der Waals surface area contributed by atoms with Crippen LogP contribution < -0.4 is 15.5 Å². The molecule has 0 saturated carbocycles. The average Bonchev–Trinajstić information content (AvgIpc) is 3.32. The van der Waals surface area contributed by atoms with Gasteiger partial charge in [0, 0.05) is 36.8 Å². The van der Waals surface area contributed by atoms with Gasteiger partial charge in [-0.15, -0.1) is 11.8 Å². The fourth-order valence-electron chi connectivity index (χ4n) is 3.62. The van der Waals surface area contributed by atoms with Gasteiger partial charge >= 0.3 is 0 Å². The van der Waals surface area contributed by atoms with E-state index >= 15 is 0 Å². The number of aromatic nitrogens is 3. The van der Waals surface area contributed by atoms with Crippen molar-refractivity contribution in [3.8, 4) is 0 Å². The third-order valence-corrected chi connectivity index (χ3v) is 6.05. The SMILES string of the molecule is Cc1c[nH]c2ncnc(N3C=C(C(=O)NC(C)[C@@H]4CCCN4)SCC3)c12. The molecular weight excluding hydrogens is 348 g/mol. The van der Waals surface area contributed by atoms with Crippen LogP contribution in [0, 0.1) is 6.92 Å². The molecule has 1 amide bonds. The van der Waals surface area contributed by atoms with Crippen LogP contribution in [0.3, 0.4) is 0 Å². The van der Waals surface area contributed by atoms with Gasteiger partial charge in [-0.1, -0.05) is 0 Å². The predicted octanol–water partition coefficient (Wildman–Crippen LogP) is 1.92. The van der Waals surface area contributed by atoms with E-state index in [-0.39, 0.29) is 11.9 Å². The number of anilines is 1. The number of carbonyl (C=O) groups is 1. The lowest BCUT2D eigenvalue weighted by Gasteiger charge is -2.27. The first kappa shape index (κ1) is 17.4. The van der Waals surface area contributed by atoms with Crippen LogP contribution in [0.1, 0.15) is 25.3 Å². The molecule has 2 aliphatic rings. The molecule has 2 aliphatic heterocycles. The smallest absolute Gasteiger partial charge is 0.259 e. The summed E-state index contributed by atoms with van der Waals surface area (Å²) >= 11 is 1.60. The molecule has 138 valence electrons. The Morgan fingerprint density at radius 3 is 3.15 bits per heavy atom. The number of aromatic amines is 1. The Bertz CT molecular complexity index is 841. The van der Waals surface area contributed by atoms with Crippen molar-refractivity contribution in [1.29, 1.82) is 0 Å². The first-order chi connectivity index (χ1) is 12.6. The molecule has 26 heavy (non-hydrogen) atoms. The van der Waals surface area contributed by atoms with Crippen LogP contribution in [0.2, 0.25) is 0 Å². The average molecular weight is 372 g/mol. The molecular formula is C18H24N6OS. The summed E-state index contributed by atoms with van der Waals surface area (Å²) in [6.45, 7) is 5.97. The molecule has 8 heteroatoms. The maximum absolute atomic E-state index is 12.7. The van der Waals surface area contributed by atoms with E-state index in [4.69, 9.17) is 0 Å². The van der Waals surface area contributed by atoms with E-state index < -0.39 is 0 Å². The summed E-state index contributed by atoms with van der Waals surface area (Å²) in [5.41, 5.74) is 1.93. The lowest BCUT2D eigenvalue weighted by Crippen LogP contribution is -2.46. The molecule has 2 atom stereocenters. The number of carbonyl (C=O) groups excluding carboxylic acids is 1. The number of hydrogen-bond acceptors (Lipinski definition) is 6. The zero-order valence-corrected chi connectivity index (χ0v) is 15.9. The number of rotatable bonds is 4. The van der Waals surface area contributed by atoms with Gasteiger partial charge in [0.2, 0.25) is 0 Å². The summed E-state index contributed by atoms with van der Waals surface area (Å²) in [7, 11) is 0. The van der Waals surface area contributed by atoms with E-state index in [2.05, 4.69) is 37.4 Å². The van der Waals surface area contributed by atoms with Crippen molar-refractivity contribution in [2.45, 2.75) is 38.8 Å². The predicted molar refractivity (Wildman–Crippen MR) is 105 cm³/mol. The quantitative estimate of drug-likeness (QED) is 0.760. The molecule has 0 aromatic carbocycles. The zero-order valence-electron chi connectivity index (χ0n) is 15.1. The van der Waals surface area contributed by atoms with E-state index in [1.807, 2.05) is 19.3 Å². The molecule has 0 spiro atoms. The van der Waals surface area contributed by atoms with Crippen LogP contribution in [0.4, 0.5) is 5.82 Å². The third-order valence-electron chi connectivity index (χ3n) is 5.07. The van der Waals surface area contributed by atoms with Crippen molar-refractivity contribution >= 4 is 34.5 Å². The van der Waals surface area contributed by atoms with Gasteiger partial charge in [-0.2, -0.15) is 0 Å². The fraction of sp³-hybridized carbons (Fsp3) is 0.500. The second kappa shape index (κ2) is 7.28. The molecule has 1 fully saturated rings. The number of nitrogens with zero attached hydrogens (tertiary/aromatic N) is 3. The molecule has 1 unspecified atom stereocenters. The number of amides is 1. The van der Waals surface area contributed by atoms with Crippen LogP contribution in [0.25, 0.3) is 11.0 Å². The summed E-state index contributed by atoms with van der Waals surface area (Å²) in [4.78, 5) is 27.5. The van der Waals surface area contributed by atoms with E-state index in [1.54, 1.807) is 18.1 Å². The Morgan fingerprint density at radius 1 is 1.46 bits per heavy atom. The molecule has 7 nitrogen and oxygen atoms in total.